The van der Waals surface area contributed by atoms with Gasteiger partial charge < -0.3 is 5.73 Å². The van der Waals surface area contributed by atoms with Crippen molar-refractivity contribution in [1.82, 2.24) is 9.97 Å². The molecule has 2 aromatic rings. The third-order valence-electron chi connectivity index (χ3n) is 1.74. The first-order valence-electron chi connectivity index (χ1n) is 4.69. The number of nitrogens with zero attached hydrogens (tertiary/aromatic N) is 2. The van der Waals surface area contributed by atoms with Gasteiger partial charge in [-0.15, -0.1) is 0 Å². The Bertz CT molecular complexity index is 587. The SMILES string of the molecule is Clc1cnccn1.Nc1ccc(S(N)(=O)=O)cc1. The fraction of sp³-hybridized carbons (Fsp3) is 0. The Morgan fingerprint density at radius 1 is 1.11 bits per heavy atom. The molecule has 18 heavy (non-hydrogen) atoms. The average molecular weight is 287 g/mol. The minimum absolute atomic E-state index is 0.0756. The molecule has 96 valence electrons. The van der Waals surface area contributed by atoms with Crippen LogP contribution in [0.25, 0.3) is 0 Å². The number of primary sulfonamides is 1. The molecule has 4 N–H and O–H groups in total. The molecule has 8 heteroatoms. The van der Waals surface area contributed by atoms with E-state index in [1.165, 1.54) is 30.5 Å². The van der Waals surface area contributed by atoms with E-state index in [4.69, 9.17) is 22.5 Å². The predicted octanol–water partition coefficient (Wildman–Crippen LogP) is 1.05. The molecule has 0 aliphatic heterocycles. The molecule has 0 bridgehead atoms. The molecule has 0 spiro atoms. The molecule has 6 nitrogen and oxygen atoms in total. The Labute approximate surface area is 110 Å². The van der Waals surface area contributed by atoms with E-state index in [0.717, 1.165) is 0 Å². The van der Waals surface area contributed by atoms with Crippen molar-refractivity contribution in [2.75, 3.05) is 5.73 Å². The average Bonchev–Trinajstić information content (AvgIpc) is 2.30. The first-order valence-corrected chi connectivity index (χ1v) is 6.62. The lowest BCUT2D eigenvalue weighted by Crippen LogP contribution is -2.11. The summed E-state index contributed by atoms with van der Waals surface area (Å²) in [5.74, 6) is 0. The summed E-state index contributed by atoms with van der Waals surface area (Å²) in [6.07, 6.45) is 4.61. The minimum atomic E-state index is -3.58. The van der Waals surface area contributed by atoms with Gasteiger partial charge in [-0.05, 0) is 24.3 Å². The number of hydrogen-bond acceptors (Lipinski definition) is 5. The Balaban J connectivity index is 0.000000199. The van der Waals surface area contributed by atoms with Crippen molar-refractivity contribution in [2.24, 2.45) is 5.14 Å². The van der Waals surface area contributed by atoms with Crippen molar-refractivity contribution >= 4 is 27.3 Å². The van der Waals surface area contributed by atoms with Crippen LogP contribution in [0.4, 0.5) is 5.69 Å². The van der Waals surface area contributed by atoms with Crippen LogP contribution in [-0.4, -0.2) is 18.4 Å². The van der Waals surface area contributed by atoms with Crippen molar-refractivity contribution < 1.29 is 8.42 Å². The maximum absolute atomic E-state index is 10.7. The van der Waals surface area contributed by atoms with Gasteiger partial charge in [-0.25, -0.2) is 18.5 Å². The van der Waals surface area contributed by atoms with Crippen LogP contribution in [0.3, 0.4) is 0 Å². The maximum atomic E-state index is 10.7. The summed E-state index contributed by atoms with van der Waals surface area (Å²) in [6.45, 7) is 0. The Morgan fingerprint density at radius 2 is 1.72 bits per heavy atom. The van der Waals surface area contributed by atoms with E-state index in [0.29, 0.717) is 10.8 Å². The number of anilines is 1. The number of nitrogens with two attached hydrogens (primary N) is 2. The topological polar surface area (TPSA) is 112 Å². The Hall–Kier alpha value is -1.70. The molecule has 0 amide bonds. The zero-order valence-electron chi connectivity index (χ0n) is 9.19. The highest BCUT2D eigenvalue weighted by molar-refractivity contribution is 7.89. The number of rotatable bonds is 1. The molecule has 0 saturated carbocycles. The smallest absolute Gasteiger partial charge is 0.238 e. The number of sulfonamides is 1. The first kappa shape index (κ1) is 14.4. The number of benzene rings is 1. The number of halogens is 1. The van der Waals surface area contributed by atoms with Gasteiger partial charge in [-0.1, -0.05) is 11.6 Å². The summed E-state index contributed by atoms with van der Waals surface area (Å²) in [7, 11) is -3.58. The summed E-state index contributed by atoms with van der Waals surface area (Å²) in [5, 5.41) is 5.27. The molecule has 0 atom stereocenters. The fourth-order valence-corrected chi connectivity index (χ4v) is 1.57. The summed E-state index contributed by atoms with van der Waals surface area (Å²) < 4.78 is 21.4. The van der Waals surface area contributed by atoms with Crippen LogP contribution in [0.5, 0.6) is 0 Å². The van der Waals surface area contributed by atoms with Gasteiger partial charge in [0.15, 0.2) is 0 Å². The van der Waals surface area contributed by atoms with E-state index >= 15 is 0 Å². The molecule has 0 fully saturated rings. The van der Waals surface area contributed by atoms with Crippen molar-refractivity contribution in [3.63, 3.8) is 0 Å². The third-order valence-corrected chi connectivity index (χ3v) is 2.86. The first-order chi connectivity index (χ1) is 8.39. The van der Waals surface area contributed by atoms with Gasteiger partial charge in [0.25, 0.3) is 0 Å². The summed E-state index contributed by atoms with van der Waals surface area (Å²) in [5.41, 5.74) is 5.85. The number of aromatic nitrogens is 2. The highest BCUT2D eigenvalue weighted by Gasteiger charge is 2.04. The molecule has 0 unspecified atom stereocenters. The highest BCUT2D eigenvalue weighted by atomic mass is 35.5. The van der Waals surface area contributed by atoms with Gasteiger partial charge in [0, 0.05) is 18.1 Å². The maximum Gasteiger partial charge on any atom is 0.238 e. The van der Waals surface area contributed by atoms with Crippen molar-refractivity contribution in [2.45, 2.75) is 4.90 Å². The highest BCUT2D eigenvalue weighted by Crippen LogP contribution is 2.08. The van der Waals surface area contributed by atoms with E-state index in [1.54, 1.807) is 12.4 Å². The molecule has 1 heterocycles. The summed E-state index contributed by atoms with van der Waals surface area (Å²) in [4.78, 5) is 7.45. The van der Waals surface area contributed by atoms with Crippen LogP contribution >= 0.6 is 11.6 Å². The number of nitrogen functional groups attached to an aromatic ring is 1. The molecule has 1 aromatic heterocycles. The second-order valence-corrected chi connectivity index (χ2v) is 5.09. The lowest BCUT2D eigenvalue weighted by atomic mass is 10.3. The van der Waals surface area contributed by atoms with Gasteiger partial charge in [0.1, 0.15) is 5.15 Å². The van der Waals surface area contributed by atoms with Crippen molar-refractivity contribution in [3.05, 3.63) is 48.0 Å². The van der Waals surface area contributed by atoms with Crippen LogP contribution in [-0.2, 0) is 10.0 Å². The van der Waals surface area contributed by atoms with Gasteiger partial charge in [0.2, 0.25) is 10.0 Å². The largest absolute Gasteiger partial charge is 0.399 e. The monoisotopic (exact) mass is 286 g/mol. The predicted molar refractivity (Wildman–Crippen MR) is 69.3 cm³/mol. The van der Waals surface area contributed by atoms with Gasteiger partial charge >= 0.3 is 0 Å². The molecule has 2 rings (SSSR count). The Morgan fingerprint density at radius 3 is 2.06 bits per heavy atom. The normalized spacial score (nSPS) is 10.3. The second-order valence-electron chi connectivity index (χ2n) is 3.14. The van der Waals surface area contributed by atoms with Crippen LogP contribution in [0.2, 0.25) is 5.15 Å². The minimum Gasteiger partial charge on any atom is -0.399 e. The van der Waals surface area contributed by atoms with Crippen molar-refractivity contribution in [1.29, 1.82) is 0 Å². The van der Waals surface area contributed by atoms with E-state index in [-0.39, 0.29) is 4.90 Å². The van der Waals surface area contributed by atoms with E-state index in [2.05, 4.69) is 9.97 Å². The molecule has 0 aliphatic rings. The van der Waals surface area contributed by atoms with E-state index < -0.39 is 10.0 Å². The van der Waals surface area contributed by atoms with Crippen LogP contribution in [0.1, 0.15) is 0 Å². The van der Waals surface area contributed by atoms with Gasteiger partial charge in [-0.2, -0.15) is 0 Å². The fourth-order valence-electron chi connectivity index (χ4n) is 0.938. The third kappa shape index (κ3) is 5.09. The van der Waals surface area contributed by atoms with Gasteiger partial charge in [0.05, 0.1) is 11.1 Å². The summed E-state index contributed by atoms with van der Waals surface area (Å²) >= 11 is 5.37. The van der Waals surface area contributed by atoms with Crippen molar-refractivity contribution in [3.8, 4) is 0 Å². The zero-order chi connectivity index (χ0) is 13.6. The summed E-state index contributed by atoms with van der Waals surface area (Å²) in [6, 6.07) is 5.70. The number of hydrogen-bond donors (Lipinski definition) is 2. The molecule has 0 aliphatic carbocycles. The standard InChI is InChI=1S/C6H8N2O2S.C4H3ClN2/c7-5-1-3-6(4-2-5)11(8,9)10;5-4-3-6-1-2-7-4/h1-4H,7H2,(H2,8,9,10);1-3H. The quantitative estimate of drug-likeness (QED) is 0.761. The van der Waals surface area contributed by atoms with Gasteiger partial charge in [-0.3, -0.25) is 4.98 Å². The molecular formula is C10H11ClN4O2S. The Kier molecular flexibility index (Phi) is 5.02. The second kappa shape index (κ2) is 6.29. The molecule has 0 radical (unpaired) electrons. The molecule has 0 saturated heterocycles. The zero-order valence-corrected chi connectivity index (χ0v) is 10.8. The van der Waals surface area contributed by atoms with Crippen LogP contribution < -0.4 is 10.9 Å². The van der Waals surface area contributed by atoms with Crippen LogP contribution in [0.15, 0.2) is 47.8 Å². The van der Waals surface area contributed by atoms with E-state index in [9.17, 15) is 8.42 Å². The molecular weight excluding hydrogens is 276 g/mol. The van der Waals surface area contributed by atoms with Crippen LogP contribution in [0, 0.1) is 0 Å². The van der Waals surface area contributed by atoms with E-state index in [1.807, 2.05) is 0 Å². The molecule has 1 aromatic carbocycles. The lowest BCUT2D eigenvalue weighted by Gasteiger charge is -1.96. The lowest BCUT2D eigenvalue weighted by molar-refractivity contribution is 0.598.